The van der Waals surface area contributed by atoms with Gasteiger partial charge in [0.2, 0.25) is 23.5 Å². The fraction of sp³-hybridized carbons (Fsp3) is 0.316. The molecule has 0 aliphatic rings. The number of benzene rings is 2. The number of thiazole rings is 1. The van der Waals surface area contributed by atoms with E-state index in [2.05, 4.69) is 57.4 Å². The first-order valence-corrected chi connectivity index (χ1v) is 19.3. The number of fused-ring (bicyclic) bond motifs is 1. The predicted molar refractivity (Wildman–Crippen MR) is 214 cm³/mol. The SMILES string of the molecule is CC[C@H](C)[C@H](N)C(=O)N[C@H](CC(=O)O)C(=O)N[C@@H](Cc1c[nH]c2ccccc12)C(=O)N[C@@H](C)C(=O)c1cc(-c2sc(NC(=O)c3ccc(Br)cc3)nc2C)[nH]n1. The molecule has 294 valence electrons. The third kappa shape index (κ3) is 10.1. The van der Waals surface area contributed by atoms with Gasteiger partial charge in [0.1, 0.15) is 17.8 Å². The van der Waals surface area contributed by atoms with Crippen LogP contribution in [0, 0.1) is 12.8 Å². The fourth-order valence-corrected chi connectivity index (χ4v) is 6.99. The number of nitrogens with two attached hydrogens (primary N) is 1. The molecular weight excluding hydrogens is 806 g/mol. The van der Waals surface area contributed by atoms with Crippen LogP contribution < -0.4 is 27.0 Å². The molecule has 2 aromatic carbocycles. The van der Waals surface area contributed by atoms with Gasteiger partial charge in [-0.2, -0.15) is 5.10 Å². The summed E-state index contributed by atoms with van der Waals surface area (Å²) in [4.78, 5) is 86.6. The minimum Gasteiger partial charge on any atom is -0.481 e. The summed E-state index contributed by atoms with van der Waals surface area (Å²) in [5.41, 5.74) is 9.01. The molecule has 0 radical (unpaired) electrons. The van der Waals surface area contributed by atoms with Crippen molar-refractivity contribution in [2.45, 2.75) is 71.1 Å². The normalized spacial score (nSPS) is 13.9. The lowest BCUT2D eigenvalue weighted by atomic mass is 9.98. The summed E-state index contributed by atoms with van der Waals surface area (Å²) in [6.45, 7) is 6.82. The molecule has 3 heterocycles. The van der Waals surface area contributed by atoms with E-state index in [1.54, 1.807) is 44.3 Å². The van der Waals surface area contributed by atoms with Crippen molar-refractivity contribution >= 4 is 78.7 Å². The largest absolute Gasteiger partial charge is 0.481 e. The highest BCUT2D eigenvalue weighted by molar-refractivity contribution is 9.10. The fourth-order valence-electron chi connectivity index (χ4n) is 5.80. The van der Waals surface area contributed by atoms with Gasteiger partial charge in [-0.3, -0.25) is 39.2 Å². The van der Waals surface area contributed by atoms with Gasteiger partial charge in [0.25, 0.3) is 5.91 Å². The highest BCUT2D eigenvalue weighted by Gasteiger charge is 2.32. The molecule has 5 atom stereocenters. The van der Waals surface area contributed by atoms with Crippen molar-refractivity contribution in [1.29, 1.82) is 0 Å². The molecule has 56 heavy (non-hydrogen) atoms. The summed E-state index contributed by atoms with van der Waals surface area (Å²) in [6.07, 6.45) is 1.46. The van der Waals surface area contributed by atoms with Gasteiger partial charge < -0.3 is 31.8 Å². The van der Waals surface area contributed by atoms with E-state index >= 15 is 0 Å². The molecule has 0 saturated carbocycles. The second-order valence-electron chi connectivity index (χ2n) is 13.4. The Kier molecular flexibility index (Phi) is 13.5. The van der Waals surface area contributed by atoms with Crippen LogP contribution in [0.5, 0.6) is 0 Å². The number of carboxylic acid groups (broad SMARTS) is 1. The summed E-state index contributed by atoms with van der Waals surface area (Å²) >= 11 is 4.54. The third-order valence-electron chi connectivity index (χ3n) is 9.25. The molecular formula is C38H42BrN9O7S. The van der Waals surface area contributed by atoms with Gasteiger partial charge >= 0.3 is 5.97 Å². The standard InChI is InChI=1S/C38H42BrN9O7S/c1-5-18(2)31(40)37(55)45-29(16-30(49)50)36(54)44-28(14-22-17-41-25-9-7-6-8-24(22)25)35(53)42-19(3)32(51)26-15-27(48-47-26)33-20(4)43-38(56-33)46-34(52)21-10-12-23(39)13-11-21/h6-13,15,17-19,28-29,31,41H,5,14,16,40H2,1-4H3,(H,42,53)(H,44,54)(H,45,55)(H,47,48)(H,49,50)(H,43,46,52)/t18-,19-,28-,29+,31-/m0/s1. The lowest BCUT2D eigenvalue weighted by Crippen LogP contribution is -2.58. The maximum absolute atomic E-state index is 13.9. The molecule has 0 spiro atoms. The average molecular weight is 849 g/mol. The van der Waals surface area contributed by atoms with Gasteiger partial charge in [-0.25, -0.2) is 4.98 Å². The number of carboxylic acids is 1. The smallest absolute Gasteiger partial charge is 0.305 e. The van der Waals surface area contributed by atoms with Crippen LogP contribution >= 0.6 is 27.3 Å². The second kappa shape index (κ2) is 18.3. The maximum Gasteiger partial charge on any atom is 0.305 e. The zero-order valence-electron chi connectivity index (χ0n) is 30.9. The van der Waals surface area contributed by atoms with E-state index < -0.39 is 60.1 Å². The summed E-state index contributed by atoms with van der Waals surface area (Å²) in [7, 11) is 0. The summed E-state index contributed by atoms with van der Waals surface area (Å²) < 4.78 is 0.837. The van der Waals surface area contributed by atoms with Gasteiger partial charge in [-0.15, -0.1) is 0 Å². The highest BCUT2D eigenvalue weighted by Crippen LogP contribution is 2.32. The first-order chi connectivity index (χ1) is 26.6. The van der Waals surface area contributed by atoms with Crippen LogP contribution in [0.1, 0.15) is 65.7 Å². The average Bonchev–Trinajstić information content (AvgIpc) is 3.91. The number of para-hydroxylation sites is 1. The zero-order valence-corrected chi connectivity index (χ0v) is 33.3. The van der Waals surface area contributed by atoms with Crippen molar-refractivity contribution in [2.75, 3.05) is 5.32 Å². The minimum atomic E-state index is -1.54. The number of aryl methyl sites for hydroxylation is 1. The Balaban J connectivity index is 1.31. The van der Waals surface area contributed by atoms with Crippen LogP contribution in [0.15, 0.2) is 65.3 Å². The third-order valence-corrected chi connectivity index (χ3v) is 10.9. The van der Waals surface area contributed by atoms with Crippen molar-refractivity contribution in [3.63, 3.8) is 0 Å². The lowest BCUT2D eigenvalue weighted by molar-refractivity contribution is -0.141. The van der Waals surface area contributed by atoms with E-state index in [0.29, 0.717) is 38.9 Å². The van der Waals surface area contributed by atoms with E-state index in [4.69, 9.17) is 5.73 Å². The van der Waals surface area contributed by atoms with E-state index in [-0.39, 0.29) is 23.9 Å². The second-order valence-corrected chi connectivity index (χ2v) is 15.3. The van der Waals surface area contributed by atoms with Crippen molar-refractivity contribution in [3.8, 4) is 10.6 Å². The van der Waals surface area contributed by atoms with Crippen molar-refractivity contribution in [3.05, 3.63) is 87.8 Å². The number of carbonyl (C=O) groups excluding carboxylic acids is 5. The molecule has 0 saturated heterocycles. The van der Waals surface area contributed by atoms with E-state index in [1.165, 1.54) is 24.3 Å². The molecule has 18 heteroatoms. The Morgan fingerprint density at radius 1 is 0.946 bits per heavy atom. The monoisotopic (exact) mass is 847 g/mol. The van der Waals surface area contributed by atoms with Crippen LogP contribution in [-0.4, -0.2) is 84.8 Å². The molecule has 3 aromatic heterocycles. The van der Waals surface area contributed by atoms with E-state index in [9.17, 15) is 33.9 Å². The number of carbonyl (C=O) groups is 6. The molecule has 0 aliphatic heterocycles. The number of rotatable bonds is 17. The first kappa shape index (κ1) is 41.4. The van der Waals surface area contributed by atoms with E-state index in [0.717, 1.165) is 15.4 Å². The number of ketones is 1. The van der Waals surface area contributed by atoms with Crippen LogP contribution in [-0.2, 0) is 25.6 Å². The van der Waals surface area contributed by atoms with Gasteiger partial charge in [0.05, 0.1) is 34.8 Å². The highest BCUT2D eigenvalue weighted by atomic mass is 79.9. The molecule has 0 aliphatic carbocycles. The number of halogens is 1. The quantitative estimate of drug-likeness (QED) is 0.0623. The number of hydrogen-bond donors (Lipinski definition) is 8. The van der Waals surface area contributed by atoms with Crippen LogP contribution in [0.2, 0.25) is 0 Å². The molecule has 0 unspecified atom stereocenters. The number of aliphatic carboxylic acids is 1. The number of aromatic amines is 2. The Hall–Kier alpha value is -5.72. The number of H-pyrrole nitrogens is 2. The number of nitrogens with zero attached hydrogens (tertiary/aromatic N) is 2. The molecule has 5 rings (SSSR count). The zero-order chi connectivity index (χ0) is 40.7. The van der Waals surface area contributed by atoms with Crippen LogP contribution in [0.25, 0.3) is 21.5 Å². The number of hydrogen-bond acceptors (Lipinski definition) is 10. The van der Waals surface area contributed by atoms with Crippen LogP contribution in [0.4, 0.5) is 5.13 Å². The Morgan fingerprint density at radius 3 is 2.32 bits per heavy atom. The number of aromatic nitrogens is 4. The Bertz CT molecular complexity index is 2250. The minimum absolute atomic E-state index is 0.0140. The molecule has 0 fully saturated rings. The summed E-state index contributed by atoms with van der Waals surface area (Å²) in [5, 5.41) is 28.2. The summed E-state index contributed by atoms with van der Waals surface area (Å²) in [5.74, 6) is -4.83. The Labute approximate surface area is 333 Å². The topological polar surface area (TPSA) is 254 Å². The Morgan fingerprint density at radius 2 is 1.62 bits per heavy atom. The molecule has 4 amide bonds. The van der Waals surface area contributed by atoms with E-state index in [1.807, 2.05) is 31.2 Å². The molecule has 16 nitrogen and oxygen atoms in total. The first-order valence-electron chi connectivity index (χ1n) is 17.7. The van der Waals surface area contributed by atoms with Crippen LogP contribution in [0.3, 0.4) is 0 Å². The number of amides is 4. The number of anilines is 1. The molecule has 0 bridgehead atoms. The molecule has 9 N–H and O–H groups in total. The predicted octanol–water partition coefficient (Wildman–Crippen LogP) is 4.09. The van der Waals surface area contributed by atoms with Gasteiger partial charge in [0, 0.05) is 33.6 Å². The van der Waals surface area contributed by atoms with Crippen molar-refractivity contribution < 1.29 is 33.9 Å². The van der Waals surface area contributed by atoms with Gasteiger partial charge in [0.15, 0.2) is 5.13 Å². The molecule has 5 aromatic rings. The number of Topliss-reactive ketones (excluding diaryl/α,β-unsaturated/α-hetero) is 1. The van der Waals surface area contributed by atoms with Gasteiger partial charge in [-0.05, 0) is 61.7 Å². The van der Waals surface area contributed by atoms with Crippen molar-refractivity contribution in [1.82, 2.24) is 36.1 Å². The summed E-state index contributed by atoms with van der Waals surface area (Å²) in [6, 6.07) is 10.8. The van der Waals surface area contributed by atoms with Crippen molar-refractivity contribution in [2.24, 2.45) is 11.7 Å². The maximum atomic E-state index is 13.9. The number of nitrogens with one attached hydrogen (secondary N) is 6. The lowest BCUT2D eigenvalue weighted by Gasteiger charge is -2.25. The van der Waals surface area contributed by atoms with Gasteiger partial charge in [-0.1, -0.05) is 65.7 Å².